The lowest BCUT2D eigenvalue weighted by atomic mass is 10.1. The van der Waals surface area contributed by atoms with Gasteiger partial charge in [0.2, 0.25) is 5.88 Å². The van der Waals surface area contributed by atoms with Crippen molar-refractivity contribution in [3.05, 3.63) is 66.2 Å². The number of benzene rings is 1. The van der Waals surface area contributed by atoms with E-state index in [1.54, 1.807) is 30.6 Å². The highest BCUT2D eigenvalue weighted by molar-refractivity contribution is 7.92. The molecule has 6 rings (SSSR count). The fourth-order valence-corrected chi connectivity index (χ4v) is 7.18. The minimum absolute atomic E-state index is 0.0730. The summed E-state index contributed by atoms with van der Waals surface area (Å²) in [6.07, 6.45) is 4.60. The van der Waals surface area contributed by atoms with Crippen molar-refractivity contribution in [1.29, 1.82) is 0 Å². The summed E-state index contributed by atoms with van der Waals surface area (Å²) < 4.78 is 37.3. The normalized spacial score (nSPS) is 19.5. The molecule has 4 aromatic rings. The molecule has 43 heavy (non-hydrogen) atoms. The Labute approximate surface area is 251 Å². The molecule has 3 aromatic heterocycles. The molecule has 1 amide bonds. The van der Waals surface area contributed by atoms with Crippen molar-refractivity contribution in [1.82, 2.24) is 24.8 Å². The van der Waals surface area contributed by atoms with Gasteiger partial charge in [-0.15, -0.1) is 0 Å². The van der Waals surface area contributed by atoms with Crippen LogP contribution in [0.4, 0.5) is 5.13 Å². The molecular formula is C28H29N7O6S2. The van der Waals surface area contributed by atoms with Gasteiger partial charge in [-0.05, 0) is 44.2 Å². The van der Waals surface area contributed by atoms with Crippen LogP contribution >= 0.6 is 11.3 Å². The molecule has 15 heteroatoms. The zero-order chi connectivity index (χ0) is 29.8. The number of likely N-dealkylation sites (tertiary alicyclic amines) is 1. The number of oxime groups is 1. The number of carbonyl (C=O) groups excluding carboxylic acids is 1. The lowest BCUT2D eigenvalue weighted by molar-refractivity contribution is -0.110. The smallest absolute Gasteiger partial charge is 0.280 e. The van der Waals surface area contributed by atoms with E-state index in [-0.39, 0.29) is 29.9 Å². The summed E-state index contributed by atoms with van der Waals surface area (Å²) in [5.41, 5.74) is 0.882. The highest BCUT2D eigenvalue weighted by atomic mass is 32.2. The maximum Gasteiger partial charge on any atom is 0.280 e. The first-order chi connectivity index (χ1) is 20.8. The highest BCUT2D eigenvalue weighted by Gasteiger charge is 2.31. The molecule has 5 heterocycles. The van der Waals surface area contributed by atoms with Crippen LogP contribution in [-0.2, 0) is 30.8 Å². The Morgan fingerprint density at radius 3 is 2.67 bits per heavy atom. The molecule has 2 aliphatic heterocycles. The van der Waals surface area contributed by atoms with Gasteiger partial charge < -0.3 is 19.2 Å². The quantitative estimate of drug-likeness (QED) is 0.205. The van der Waals surface area contributed by atoms with E-state index in [0.717, 1.165) is 19.5 Å². The van der Waals surface area contributed by atoms with Crippen molar-refractivity contribution in [2.45, 2.75) is 35.7 Å². The van der Waals surface area contributed by atoms with E-state index in [9.17, 15) is 13.2 Å². The van der Waals surface area contributed by atoms with Gasteiger partial charge in [0.05, 0.1) is 16.8 Å². The van der Waals surface area contributed by atoms with Crippen LogP contribution in [0, 0.1) is 0 Å². The Kier molecular flexibility index (Phi) is 8.56. The number of likely N-dealkylation sites (N-methyl/N-ethyl adjacent to an activating group) is 1. The highest BCUT2D eigenvalue weighted by Crippen LogP contribution is 2.28. The third-order valence-corrected chi connectivity index (χ3v) is 10.1. The average molecular weight is 624 g/mol. The third-order valence-electron chi connectivity index (χ3n) is 7.05. The molecule has 1 N–H and O–H groups in total. The van der Waals surface area contributed by atoms with Gasteiger partial charge >= 0.3 is 0 Å². The first-order valence-electron chi connectivity index (χ1n) is 13.7. The number of rotatable bonds is 10. The Hall–Kier alpha value is -4.05. The van der Waals surface area contributed by atoms with Crippen molar-refractivity contribution in [2.75, 3.05) is 38.7 Å². The largest absolute Gasteiger partial charge is 0.473 e. The molecule has 0 spiro atoms. The number of thiazole rings is 1. The van der Waals surface area contributed by atoms with E-state index in [2.05, 4.69) is 42.4 Å². The van der Waals surface area contributed by atoms with Crippen LogP contribution in [-0.4, -0.2) is 89.6 Å². The van der Waals surface area contributed by atoms with Gasteiger partial charge in [0.1, 0.15) is 16.5 Å². The van der Waals surface area contributed by atoms with Crippen LogP contribution in [0.15, 0.2) is 64.9 Å². The third kappa shape index (κ3) is 6.80. The molecule has 0 unspecified atom stereocenters. The molecule has 0 radical (unpaired) electrons. The molecule has 224 valence electrons. The Morgan fingerprint density at radius 2 is 1.95 bits per heavy atom. The van der Waals surface area contributed by atoms with Crippen LogP contribution < -0.4 is 10.1 Å². The second-order valence-electron chi connectivity index (χ2n) is 10.2. The molecule has 0 saturated carbocycles. The molecule has 2 fully saturated rings. The minimum Gasteiger partial charge on any atom is -0.473 e. The SMILES string of the molecule is CN1CC[C@H](Oc2ccc3nc(NC(=O)/C(=N/OCc4ncccn4)c4ccc(S(=O)(=O)[C@H]5CCOC5)cc4)sc3n2)C1. The number of hydrogen-bond donors (Lipinski definition) is 1. The molecule has 2 aliphatic rings. The number of pyridine rings is 1. The van der Waals surface area contributed by atoms with E-state index in [1.807, 2.05) is 0 Å². The number of amides is 1. The van der Waals surface area contributed by atoms with Crippen molar-refractivity contribution in [2.24, 2.45) is 5.16 Å². The summed E-state index contributed by atoms with van der Waals surface area (Å²) in [5.74, 6) is 0.288. The number of aromatic nitrogens is 4. The Morgan fingerprint density at radius 1 is 1.14 bits per heavy atom. The van der Waals surface area contributed by atoms with E-state index in [4.69, 9.17) is 14.3 Å². The standard InChI is InChI=1S/C28H29N7O6S2/c1-35-13-9-19(15-35)41-24-8-7-22-27(32-24)42-28(31-22)33-26(36)25(34-40-17-23-29-11-2-12-30-23)18-3-5-20(6-4-18)43(37,38)21-10-14-39-16-21/h2-8,11-12,19,21H,9-10,13-17H2,1H3,(H,31,33,36)/b34-25+/t19-,21-/m0/s1. The molecule has 0 aliphatic carbocycles. The number of carbonyl (C=O) groups is 1. The number of nitrogens with zero attached hydrogens (tertiary/aromatic N) is 6. The Bertz CT molecular complexity index is 1730. The zero-order valence-electron chi connectivity index (χ0n) is 23.2. The first-order valence-corrected chi connectivity index (χ1v) is 16.0. The number of hydrogen-bond acceptors (Lipinski definition) is 13. The summed E-state index contributed by atoms with van der Waals surface area (Å²) >= 11 is 1.20. The molecule has 0 bridgehead atoms. The maximum atomic E-state index is 13.5. The van der Waals surface area contributed by atoms with Crippen LogP contribution in [0.25, 0.3) is 10.3 Å². The lowest BCUT2D eigenvalue weighted by Gasteiger charge is -2.12. The molecule has 1 aromatic carbocycles. The topological polar surface area (TPSA) is 158 Å². The van der Waals surface area contributed by atoms with Crippen LogP contribution in [0.2, 0.25) is 0 Å². The van der Waals surface area contributed by atoms with Gasteiger partial charge in [-0.1, -0.05) is 28.6 Å². The van der Waals surface area contributed by atoms with E-state index >= 15 is 0 Å². The van der Waals surface area contributed by atoms with Gasteiger partial charge in [0, 0.05) is 43.7 Å². The number of anilines is 1. The number of ether oxygens (including phenoxy) is 2. The number of nitrogens with one attached hydrogen (secondary N) is 1. The molecule has 13 nitrogen and oxygen atoms in total. The summed E-state index contributed by atoms with van der Waals surface area (Å²) in [7, 11) is -1.52. The second kappa shape index (κ2) is 12.7. The summed E-state index contributed by atoms with van der Waals surface area (Å²) in [6, 6.07) is 11.2. The monoisotopic (exact) mass is 623 g/mol. The van der Waals surface area contributed by atoms with Crippen LogP contribution in [0.1, 0.15) is 24.2 Å². The average Bonchev–Trinajstić information content (AvgIpc) is 3.78. The van der Waals surface area contributed by atoms with E-state index in [0.29, 0.717) is 45.8 Å². The predicted molar refractivity (Wildman–Crippen MR) is 159 cm³/mol. The van der Waals surface area contributed by atoms with Crippen LogP contribution in [0.5, 0.6) is 5.88 Å². The van der Waals surface area contributed by atoms with Crippen molar-refractivity contribution in [3.8, 4) is 5.88 Å². The Balaban J connectivity index is 1.21. The maximum absolute atomic E-state index is 13.5. The van der Waals surface area contributed by atoms with Crippen molar-refractivity contribution < 1.29 is 27.5 Å². The molecule has 2 atom stereocenters. The van der Waals surface area contributed by atoms with E-state index in [1.165, 1.54) is 35.6 Å². The van der Waals surface area contributed by atoms with Crippen molar-refractivity contribution in [3.63, 3.8) is 0 Å². The molecular weight excluding hydrogens is 594 g/mol. The summed E-state index contributed by atoms with van der Waals surface area (Å²) in [5, 5.41) is 6.56. The van der Waals surface area contributed by atoms with Gasteiger partial charge in [-0.2, -0.15) is 0 Å². The fourth-order valence-electron chi connectivity index (χ4n) is 4.77. The van der Waals surface area contributed by atoms with Gasteiger partial charge in [-0.25, -0.2) is 28.4 Å². The predicted octanol–water partition coefficient (Wildman–Crippen LogP) is 2.69. The van der Waals surface area contributed by atoms with Gasteiger partial charge in [0.15, 0.2) is 33.1 Å². The van der Waals surface area contributed by atoms with Gasteiger partial charge in [0.25, 0.3) is 5.91 Å². The minimum atomic E-state index is -3.57. The van der Waals surface area contributed by atoms with E-state index < -0.39 is 21.0 Å². The first kappa shape index (κ1) is 29.0. The fraction of sp³-hybridized carbons (Fsp3) is 0.357. The number of sulfone groups is 1. The van der Waals surface area contributed by atoms with Gasteiger partial charge in [-0.3, -0.25) is 10.1 Å². The summed E-state index contributed by atoms with van der Waals surface area (Å²) in [6.45, 7) is 2.32. The summed E-state index contributed by atoms with van der Waals surface area (Å²) in [4.78, 5) is 39.1. The van der Waals surface area contributed by atoms with Crippen molar-refractivity contribution >= 4 is 48.3 Å². The van der Waals surface area contributed by atoms with Crippen LogP contribution in [0.3, 0.4) is 0 Å². The molecule has 2 saturated heterocycles. The lowest BCUT2D eigenvalue weighted by Crippen LogP contribution is -2.25. The second-order valence-corrected chi connectivity index (χ2v) is 13.4. The zero-order valence-corrected chi connectivity index (χ0v) is 24.9. The number of fused-ring (bicyclic) bond motifs is 1.